The summed E-state index contributed by atoms with van der Waals surface area (Å²) in [5.74, 6) is -0.532. The number of rotatable bonds is 8. The van der Waals surface area contributed by atoms with Crippen molar-refractivity contribution in [2.24, 2.45) is 0 Å². The van der Waals surface area contributed by atoms with Crippen LogP contribution in [0, 0.1) is 0 Å². The van der Waals surface area contributed by atoms with Crippen molar-refractivity contribution in [3.05, 3.63) is 77.1 Å². The van der Waals surface area contributed by atoms with Crippen LogP contribution >= 0.6 is 11.6 Å². The smallest absolute Gasteiger partial charge is 0.318 e. The lowest BCUT2D eigenvalue weighted by Gasteiger charge is -2.30. The molecule has 206 valence electrons. The number of aliphatic hydroxyl groups excluding tert-OH is 1. The number of fused-ring (bicyclic) bond motifs is 1. The molecule has 1 aliphatic rings. The van der Waals surface area contributed by atoms with Gasteiger partial charge in [0.2, 0.25) is 5.91 Å². The third kappa shape index (κ3) is 6.40. The minimum atomic E-state index is -0.401. The standard InChI is InChI=1S/C28H33ClN6O4/c1-3-12-32(14-15-36)26(37)17-30-28(39)33-19-21-7-4-5-8-25(21)34(18-20(33)2)27(38)23-10-9-22(16-24(23)29)35-13-6-11-31-35/h4-11,13,16,20,36H,3,12,14-15,17-19H2,1-2H3,(H,30,39)/t20-/m1/s1. The van der Waals surface area contributed by atoms with Crippen LogP contribution in [0.25, 0.3) is 5.69 Å². The molecule has 0 bridgehead atoms. The number of nitrogens with one attached hydrogen (secondary N) is 1. The van der Waals surface area contributed by atoms with E-state index in [0.717, 1.165) is 17.7 Å². The maximum atomic E-state index is 13.8. The summed E-state index contributed by atoms with van der Waals surface area (Å²) in [5.41, 5.74) is 2.58. The number of hydrogen-bond acceptors (Lipinski definition) is 5. The van der Waals surface area contributed by atoms with Gasteiger partial charge in [-0.05, 0) is 49.2 Å². The summed E-state index contributed by atoms with van der Waals surface area (Å²) in [6.45, 7) is 4.73. The van der Waals surface area contributed by atoms with Crippen LogP contribution in [0.3, 0.4) is 0 Å². The molecular formula is C28H33ClN6O4. The molecule has 4 rings (SSSR count). The summed E-state index contributed by atoms with van der Waals surface area (Å²) in [6.07, 6.45) is 4.21. The Kier molecular flexibility index (Phi) is 9.21. The van der Waals surface area contributed by atoms with Gasteiger partial charge in [-0.25, -0.2) is 9.48 Å². The third-order valence-electron chi connectivity index (χ3n) is 6.67. The van der Waals surface area contributed by atoms with E-state index in [9.17, 15) is 19.5 Å². The summed E-state index contributed by atoms with van der Waals surface area (Å²) >= 11 is 6.57. The molecule has 0 radical (unpaired) electrons. The van der Waals surface area contributed by atoms with Gasteiger partial charge < -0.3 is 25.1 Å². The summed E-state index contributed by atoms with van der Waals surface area (Å²) in [5, 5.41) is 16.5. The maximum Gasteiger partial charge on any atom is 0.318 e. The molecule has 0 unspecified atom stereocenters. The van der Waals surface area contributed by atoms with Crippen molar-refractivity contribution < 1.29 is 19.5 Å². The van der Waals surface area contributed by atoms with E-state index in [1.54, 1.807) is 51.1 Å². The van der Waals surface area contributed by atoms with Crippen LogP contribution < -0.4 is 10.2 Å². The Bertz CT molecular complexity index is 1310. The molecule has 2 N–H and O–H groups in total. The molecule has 1 atom stereocenters. The van der Waals surface area contributed by atoms with E-state index in [4.69, 9.17) is 11.6 Å². The first-order valence-electron chi connectivity index (χ1n) is 13.0. The monoisotopic (exact) mass is 552 g/mol. The summed E-state index contributed by atoms with van der Waals surface area (Å²) in [7, 11) is 0. The second-order valence-corrected chi connectivity index (χ2v) is 9.81. The fourth-order valence-electron chi connectivity index (χ4n) is 4.68. The fourth-order valence-corrected chi connectivity index (χ4v) is 4.93. The molecule has 0 aliphatic carbocycles. The lowest BCUT2D eigenvalue weighted by atomic mass is 10.1. The van der Waals surface area contributed by atoms with E-state index in [1.165, 1.54) is 4.90 Å². The number of aliphatic hydroxyl groups is 1. The molecule has 1 aromatic heterocycles. The zero-order valence-corrected chi connectivity index (χ0v) is 22.8. The number of urea groups is 1. The minimum Gasteiger partial charge on any atom is -0.395 e. The van der Waals surface area contributed by atoms with Crippen LogP contribution in [-0.4, -0.2) is 81.4 Å². The largest absolute Gasteiger partial charge is 0.395 e. The van der Waals surface area contributed by atoms with Crippen LogP contribution in [0.4, 0.5) is 10.5 Å². The van der Waals surface area contributed by atoms with E-state index in [2.05, 4.69) is 10.4 Å². The SMILES string of the molecule is CCCN(CCO)C(=O)CNC(=O)N1Cc2ccccc2N(C(=O)c2ccc(-n3cccn3)cc2Cl)C[C@H]1C. The van der Waals surface area contributed by atoms with Crippen molar-refractivity contribution >= 4 is 35.1 Å². The number of halogens is 1. The highest BCUT2D eigenvalue weighted by Crippen LogP contribution is 2.30. The van der Waals surface area contributed by atoms with Gasteiger partial charge in [-0.3, -0.25) is 9.59 Å². The summed E-state index contributed by atoms with van der Waals surface area (Å²) < 4.78 is 1.66. The average molecular weight is 553 g/mol. The third-order valence-corrected chi connectivity index (χ3v) is 6.98. The van der Waals surface area contributed by atoms with Gasteiger partial charge in [0.25, 0.3) is 5.91 Å². The number of carbonyl (C=O) groups is 3. The van der Waals surface area contributed by atoms with Crippen molar-refractivity contribution in [2.75, 3.05) is 37.7 Å². The molecule has 3 aromatic rings. The zero-order valence-electron chi connectivity index (χ0n) is 22.1. The molecule has 4 amide bonds. The number of carbonyl (C=O) groups excluding carboxylic acids is 3. The second-order valence-electron chi connectivity index (χ2n) is 9.40. The number of aromatic nitrogens is 2. The molecule has 0 fully saturated rings. The van der Waals surface area contributed by atoms with Crippen molar-refractivity contribution in [3.63, 3.8) is 0 Å². The first-order valence-corrected chi connectivity index (χ1v) is 13.3. The zero-order chi connectivity index (χ0) is 27.9. The van der Waals surface area contributed by atoms with Crippen LogP contribution in [0.5, 0.6) is 0 Å². The second kappa shape index (κ2) is 12.8. The summed E-state index contributed by atoms with van der Waals surface area (Å²) in [6, 6.07) is 13.7. The van der Waals surface area contributed by atoms with Gasteiger partial charge >= 0.3 is 6.03 Å². The van der Waals surface area contributed by atoms with Crippen LogP contribution in [-0.2, 0) is 11.3 Å². The van der Waals surface area contributed by atoms with Gasteiger partial charge in [0.15, 0.2) is 0 Å². The van der Waals surface area contributed by atoms with E-state index < -0.39 is 6.03 Å². The number of hydrogen-bond donors (Lipinski definition) is 2. The first kappa shape index (κ1) is 28.1. The fraction of sp³-hybridized carbons (Fsp3) is 0.357. The summed E-state index contributed by atoms with van der Waals surface area (Å²) in [4.78, 5) is 44.4. The number of benzene rings is 2. The molecule has 0 saturated heterocycles. The van der Waals surface area contributed by atoms with Gasteiger partial charge in [-0.15, -0.1) is 0 Å². The highest BCUT2D eigenvalue weighted by molar-refractivity contribution is 6.34. The lowest BCUT2D eigenvalue weighted by molar-refractivity contribution is -0.130. The van der Waals surface area contributed by atoms with Crippen molar-refractivity contribution in [1.29, 1.82) is 0 Å². The predicted octanol–water partition coefficient (Wildman–Crippen LogP) is 3.32. The highest BCUT2D eigenvalue weighted by Gasteiger charge is 2.32. The van der Waals surface area contributed by atoms with Crippen LogP contribution in [0.15, 0.2) is 60.9 Å². The molecule has 1 aliphatic heterocycles. The number of para-hydroxylation sites is 1. The van der Waals surface area contributed by atoms with E-state index in [-0.39, 0.29) is 50.6 Å². The maximum absolute atomic E-state index is 13.8. The highest BCUT2D eigenvalue weighted by atomic mass is 35.5. The molecule has 0 saturated carbocycles. The van der Waals surface area contributed by atoms with Crippen molar-refractivity contribution in [1.82, 2.24) is 24.9 Å². The Balaban J connectivity index is 1.53. The molecule has 10 nitrogen and oxygen atoms in total. The van der Waals surface area contributed by atoms with Gasteiger partial charge in [0, 0.05) is 50.3 Å². The van der Waals surface area contributed by atoms with Gasteiger partial charge in [-0.2, -0.15) is 5.10 Å². The van der Waals surface area contributed by atoms with E-state index in [0.29, 0.717) is 22.8 Å². The molecule has 0 spiro atoms. The van der Waals surface area contributed by atoms with Crippen molar-refractivity contribution in [3.8, 4) is 5.69 Å². The molecule has 2 aromatic carbocycles. The molecular weight excluding hydrogens is 520 g/mol. The minimum absolute atomic E-state index is 0.139. The Morgan fingerprint density at radius 1 is 1.15 bits per heavy atom. The predicted molar refractivity (Wildman–Crippen MR) is 149 cm³/mol. The average Bonchev–Trinajstić information content (AvgIpc) is 3.43. The lowest BCUT2D eigenvalue weighted by Crippen LogP contribution is -2.50. The van der Waals surface area contributed by atoms with E-state index >= 15 is 0 Å². The topological polar surface area (TPSA) is 111 Å². The molecule has 2 heterocycles. The normalized spacial score (nSPS) is 14.9. The molecule has 11 heteroatoms. The Hall–Kier alpha value is -3.89. The van der Waals surface area contributed by atoms with Gasteiger partial charge in [0.1, 0.15) is 0 Å². The number of amides is 4. The van der Waals surface area contributed by atoms with Gasteiger partial charge in [-0.1, -0.05) is 36.7 Å². The quantitative estimate of drug-likeness (QED) is 0.445. The Labute approximate surface area is 232 Å². The molecule has 39 heavy (non-hydrogen) atoms. The van der Waals surface area contributed by atoms with E-state index in [1.807, 2.05) is 38.1 Å². The number of anilines is 1. The van der Waals surface area contributed by atoms with Crippen LogP contribution in [0.2, 0.25) is 5.02 Å². The number of nitrogens with zero attached hydrogens (tertiary/aromatic N) is 5. The van der Waals surface area contributed by atoms with Crippen molar-refractivity contribution in [2.45, 2.75) is 32.9 Å². The Morgan fingerprint density at radius 2 is 1.95 bits per heavy atom. The first-order chi connectivity index (χ1) is 18.8. The van der Waals surface area contributed by atoms with Crippen LogP contribution in [0.1, 0.15) is 36.2 Å². The Morgan fingerprint density at radius 3 is 2.64 bits per heavy atom. The van der Waals surface area contributed by atoms with Gasteiger partial charge in [0.05, 0.1) is 29.4 Å².